The third-order valence-electron chi connectivity index (χ3n) is 1.28. The molecule has 0 aliphatic carbocycles. The molecule has 1 N–H and O–H groups in total. The molecule has 4 nitrogen and oxygen atoms in total. The number of aromatic amines is 1. The Hall–Kier alpha value is -1.58. The predicted octanol–water partition coefficient (Wildman–Crippen LogP) is 1.19. The smallest absolute Gasteiger partial charge is 0.257 e. The van der Waals surface area contributed by atoms with E-state index < -0.39 is 0 Å². The van der Waals surface area contributed by atoms with Crippen molar-refractivity contribution in [3.8, 4) is 0 Å². The van der Waals surface area contributed by atoms with Gasteiger partial charge in [0.1, 0.15) is 0 Å². The second-order valence-electron chi connectivity index (χ2n) is 1.92. The molecule has 4 heteroatoms. The summed E-state index contributed by atoms with van der Waals surface area (Å²) >= 11 is 0. The van der Waals surface area contributed by atoms with Crippen molar-refractivity contribution in [1.29, 1.82) is 0 Å². The van der Waals surface area contributed by atoms with E-state index in [4.69, 9.17) is 4.52 Å². The maximum atomic E-state index is 4.74. The Balaban J connectivity index is 2.78. The molecule has 0 aliphatic rings. The van der Waals surface area contributed by atoms with E-state index in [1.54, 1.807) is 6.08 Å². The van der Waals surface area contributed by atoms with Gasteiger partial charge in [-0.25, -0.2) is 0 Å². The van der Waals surface area contributed by atoms with Gasteiger partial charge in [-0.15, -0.1) is 5.10 Å². The summed E-state index contributed by atoms with van der Waals surface area (Å²) in [6.07, 6.45) is 1.69. The number of nitrogens with one attached hydrogen (secondary N) is 1. The fourth-order valence-corrected chi connectivity index (χ4v) is 0.803. The zero-order chi connectivity index (χ0) is 6.97. The van der Waals surface area contributed by atoms with Gasteiger partial charge in [0.15, 0.2) is 5.52 Å². The number of hydrogen-bond donors (Lipinski definition) is 1. The fraction of sp³-hybridized carbons (Fsp3) is 0. The molecule has 0 bridgehead atoms. The normalized spacial score (nSPS) is 10.4. The number of fused-ring (bicyclic) bond motifs is 1. The lowest BCUT2D eigenvalue weighted by molar-refractivity contribution is 0.417. The molecule has 2 heterocycles. The summed E-state index contributed by atoms with van der Waals surface area (Å²) in [6.45, 7) is 3.58. The third kappa shape index (κ3) is 0.556. The molecule has 2 aromatic heterocycles. The summed E-state index contributed by atoms with van der Waals surface area (Å²) in [4.78, 5) is 2.92. The lowest BCUT2D eigenvalue weighted by Crippen LogP contribution is -1.66. The highest BCUT2D eigenvalue weighted by Gasteiger charge is 2.01. The van der Waals surface area contributed by atoms with Crippen LogP contribution in [0.1, 0.15) is 5.69 Å². The average molecular weight is 135 g/mol. The van der Waals surface area contributed by atoms with Gasteiger partial charge < -0.3 is 9.51 Å². The summed E-state index contributed by atoms with van der Waals surface area (Å²) in [7, 11) is 0. The number of aromatic nitrogens is 3. The van der Waals surface area contributed by atoms with Crippen molar-refractivity contribution in [2.75, 3.05) is 0 Å². The molecule has 2 aromatic rings. The van der Waals surface area contributed by atoms with Crippen LogP contribution >= 0.6 is 0 Å². The van der Waals surface area contributed by atoms with Gasteiger partial charge in [0.25, 0.3) is 5.71 Å². The standard InChI is InChI=1S/C6H5N3O/c1-2-4-3-5-6(7-4)10-9-8-5/h2-3,7H,1H2. The predicted molar refractivity (Wildman–Crippen MR) is 36.2 cm³/mol. The van der Waals surface area contributed by atoms with Gasteiger partial charge in [0.2, 0.25) is 0 Å². The van der Waals surface area contributed by atoms with Gasteiger partial charge in [0.05, 0.1) is 0 Å². The first kappa shape index (κ1) is 5.22. The van der Waals surface area contributed by atoms with Crippen molar-refractivity contribution in [1.82, 2.24) is 15.4 Å². The Bertz CT molecular complexity index is 331. The number of H-pyrrole nitrogens is 1. The van der Waals surface area contributed by atoms with Crippen LogP contribution in [-0.4, -0.2) is 15.4 Å². The quantitative estimate of drug-likeness (QED) is 0.639. The van der Waals surface area contributed by atoms with Crippen LogP contribution in [0.15, 0.2) is 17.2 Å². The Labute approximate surface area is 56.5 Å². The summed E-state index contributed by atoms with van der Waals surface area (Å²) < 4.78 is 4.74. The van der Waals surface area contributed by atoms with Gasteiger partial charge in [-0.2, -0.15) is 0 Å². The first-order valence-electron chi connectivity index (χ1n) is 2.83. The molecule has 50 valence electrons. The number of nitrogens with zero attached hydrogens (tertiary/aromatic N) is 2. The molecule has 0 aromatic carbocycles. The van der Waals surface area contributed by atoms with Crippen LogP contribution in [0.3, 0.4) is 0 Å². The number of hydrogen-bond acceptors (Lipinski definition) is 3. The van der Waals surface area contributed by atoms with Crippen LogP contribution in [0.4, 0.5) is 0 Å². The van der Waals surface area contributed by atoms with Gasteiger partial charge in [-0.1, -0.05) is 6.58 Å². The van der Waals surface area contributed by atoms with Crippen molar-refractivity contribution in [2.45, 2.75) is 0 Å². The van der Waals surface area contributed by atoms with E-state index in [0.29, 0.717) is 5.71 Å². The molecule has 10 heavy (non-hydrogen) atoms. The minimum Gasteiger partial charge on any atom is -0.322 e. The molecule has 0 unspecified atom stereocenters. The molecule has 0 fully saturated rings. The minimum absolute atomic E-state index is 0.593. The van der Waals surface area contributed by atoms with E-state index >= 15 is 0 Å². The van der Waals surface area contributed by atoms with E-state index in [1.807, 2.05) is 6.07 Å². The third-order valence-corrected chi connectivity index (χ3v) is 1.28. The molecular formula is C6H5N3O. The molecule has 0 spiro atoms. The van der Waals surface area contributed by atoms with Crippen molar-refractivity contribution >= 4 is 17.3 Å². The minimum atomic E-state index is 0.593. The van der Waals surface area contributed by atoms with E-state index in [9.17, 15) is 0 Å². The lowest BCUT2D eigenvalue weighted by atomic mass is 10.4. The Kier molecular flexibility index (Phi) is 0.887. The molecule has 0 aliphatic heterocycles. The zero-order valence-electron chi connectivity index (χ0n) is 5.16. The summed E-state index contributed by atoms with van der Waals surface area (Å²) in [6, 6.07) is 1.82. The van der Waals surface area contributed by atoms with Crippen molar-refractivity contribution in [3.63, 3.8) is 0 Å². The second-order valence-corrected chi connectivity index (χ2v) is 1.92. The molecule has 2 rings (SSSR count). The van der Waals surface area contributed by atoms with E-state index in [-0.39, 0.29) is 0 Å². The SMILES string of the molecule is C=Cc1cc2nnoc2[nH]1. The topological polar surface area (TPSA) is 54.7 Å². The van der Waals surface area contributed by atoms with Crippen LogP contribution in [0.5, 0.6) is 0 Å². The van der Waals surface area contributed by atoms with Gasteiger partial charge in [-0.3, -0.25) is 0 Å². The highest BCUT2D eigenvalue weighted by atomic mass is 16.5. The zero-order valence-corrected chi connectivity index (χ0v) is 5.16. The summed E-state index contributed by atoms with van der Waals surface area (Å²) in [5, 5.41) is 7.04. The second kappa shape index (κ2) is 1.70. The van der Waals surface area contributed by atoms with Crippen LogP contribution in [0, 0.1) is 0 Å². The first-order chi connectivity index (χ1) is 4.90. The highest BCUT2D eigenvalue weighted by Crippen LogP contribution is 2.11. The highest BCUT2D eigenvalue weighted by molar-refractivity contribution is 5.72. The largest absolute Gasteiger partial charge is 0.322 e. The molecule has 0 radical (unpaired) electrons. The lowest BCUT2D eigenvalue weighted by Gasteiger charge is -1.76. The van der Waals surface area contributed by atoms with Crippen LogP contribution < -0.4 is 0 Å². The molecule has 0 saturated carbocycles. The van der Waals surface area contributed by atoms with Crippen LogP contribution in [0.25, 0.3) is 17.3 Å². The van der Waals surface area contributed by atoms with Crippen molar-refractivity contribution in [3.05, 3.63) is 18.3 Å². The van der Waals surface area contributed by atoms with E-state index in [0.717, 1.165) is 11.2 Å². The Morgan fingerprint density at radius 2 is 2.60 bits per heavy atom. The maximum absolute atomic E-state index is 4.74. The fourth-order valence-electron chi connectivity index (χ4n) is 0.803. The maximum Gasteiger partial charge on any atom is 0.257 e. The van der Waals surface area contributed by atoms with Gasteiger partial charge in [-0.05, 0) is 12.1 Å². The number of rotatable bonds is 1. The van der Waals surface area contributed by atoms with Crippen molar-refractivity contribution in [2.24, 2.45) is 0 Å². The van der Waals surface area contributed by atoms with Crippen LogP contribution in [0.2, 0.25) is 0 Å². The van der Waals surface area contributed by atoms with Crippen molar-refractivity contribution < 1.29 is 4.52 Å². The van der Waals surface area contributed by atoms with Gasteiger partial charge >= 0.3 is 0 Å². The van der Waals surface area contributed by atoms with E-state index in [2.05, 4.69) is 21.9 Å². The molecule has 0 saturated heterocycles. The monoisotopic (exact) mass is 135 g/mol. The Morgan fingerprint density at radius 3 is 3.30 bits per heavy atom. The van der Waals surface area contributed by atoms with Crippen LogP contribution in [-0.2, 0) is 0 Å². The molecule has 0 atom stereocenters. The summed E-state index contributed by atoms with van der Waals surface area (Å²) in [5.41, 5.74) is 2.22. The Morgan fingerprint density at radius 1 is 1.70 bits per heavy atom. The van der Waals surface area contributed by atoms with E-state index in [1.165, 1.54) is 0 Å². The molecular weight excluding hydrogens is 130 g/mol. The molecule has 0 amide bonds. The van der Waals surface area contributed by atoms with Gasteiger partial charge in [0, 0.05) is 11.0 Å². The summed E-state index contributed by atoms with van der Waals surface area (Å²) in [5.74, 6) is 0. The first-order valence-corrected chi connectivity index (χ1v) is 2.83. The average Bonchev–Trinajstić information content (AvgIpc) is 2.42.